The first-order valence-electron chi connectivity index (χ1n) is 7.16. The molecule has 0 unspecified atom stereocenters. The molecule has 0 radical (unpaired) electrons. The van der Waals surface area contributed by atoms with Gasteiger partial charge in [-0.15, -0.1) is 0 Å². The van der Waals surface area contributed by atoms with Crippen LogP contribution in [0.15, 0.2) is 66.1 Å². The number of nitrogens with zero attached hydrogens (tertiary/aromatic N) is 4. The van der Waals surface area contributed by atoms with E-state index in [-0.39, 0.29) is 0 Å². The second kappa shape index (κ2) is 5.77. The Labute approximate surface area is 132 Å². The van der Waals surface area contributed by atoms with Crippen molar-refractivity contribution in [1.82, 2.24) is 19.5 Å². The van der Waals surface area contributed by atoms with Crippen LogP contribution in [0.5, 0.6) is 0 Å². The molecule has 1 aromatic heterocycles. The molecule has 1 aliphatic heterocycles. The fourth-order valence-corrected chi connectivity index (χ4v) is 3.23. The zero-order chi connectivity index (χ0) is 14.8. The highest BCUT2D eigenvalue weighted by Crippen LogP contribution is 2.23. The minimum Gasteiger partial charge on any atom is -0.330 e. The highest BCUT2D eigenvalue weighted by Gasteiger charge is 2.09. The zero-order valence-electron chi connectivity index (χ0n) is 11.9. The van der Waals surface area contributed by atoms with Gasteiger partial charge in [-0.2, -0.15) is 0 Å². The molecule has 108 valence electrons. The molecule has 0 saturated heterocycles. The summed E-state index contributed by atoms with van der Waals surface area (Å²) in [5.41, 5.74) is 4.10. The Morgan fingerprint density at radius 3 is 2.41 bits per heavy atom. The molecule has 2 aliphatic rings. The molecule has 0 saturated carbocycles. The van der Waals surface area contributed by atoms with Crippen LogP contribution in [-0.4, -0.2) is 25.3 Å². The summed E-state index contributed by atoms with van der Waals surface area (Å²) in [5, 5.41) is 0.839. The van der Waals surface area contributed by atoms with Crippen molar-refractivity contribution >= 4 is 22.8 Å². The third kappa shape index (κ3) is 2.55. The van der Waals surface area contributed by atoms with E-state index in [0.717, 1.165) is 34.4 Å². The highest BCUT2D eigenvalue weighted by atomic mass is 32.2. The summed E-state index contributed by atoms with van der Waals surface area (Å²) in [6.07, 6.45) is 1.90. The maximum absolute atomic E-state index is 4.56. The van der Waals surface area contributed by atoms with Gasteiger partial charge in [0.1, 0.15) is 0 Å². The lowest BCUT2D eigenvalue weighted by Crippen LogP contribution is -1.98. The molecule has 0 spiro atoms. The van der Waals surface area contributed by atoms with E-state index in [9.17, 15) is 0 Å². The van der Waals surface area contributed by atoms with Gasteiger partial charge in [0, 0.05) is 12.3 Å². The Balaban J connectivity index is 1.47. The van der Waals surface area contributed by atoms with Crippen LogP contribution < -0.4 is 0 Å². The molecule has 0 bridgehead atoms. The molecular weight excluding hydrogens is 292 g/mol. The van der Waals surface area contributed by atoms with Crippen molar-refractivity contribution in [1.29, 1.82) is 0 Å². The maximum Gasteiger partial charge on any atom is 0.188 e. The van der Waals surface area contributed by atoms with Gasteiger partial charge in [-0.3, -0.25) is 0 Å². The van der Waals surface area contributed by atoms with Gasteiger partial charge in [0.2, 0.25) is 0 Å². The van der Waals surface area contributed by atoms with Crippen LogP contribution in [0.4, 0.5) is 0 Å². The monoisotopic (exact) mass is 306 g/mol. The first-order valence-corrected chi connectivity index (χ1v) is 8.14. The molecule has 4 nitrogen and oxygen atoms in total. The van der Waals surface area contributed by atoms with E-state index in [4.69, 9.17) is 0 Å². The number of rotatable bonds is 4. The van der Waals surface area contributed by atoms with E-state index in [1.54, 1.807) is 11.8 Å². The minimum absolute atomic E-state index is 0.839. The molecule has 5 heteroatoms. The third-order valence-electron chi connectivity index (χ3n) is 3.52. The van der Waals surface area contributed by atoms with Gasteiger partial charge in [0.15, 0.2) is 5.16 Å². The number of aryl methyl sites for hydroxylation is 1. The lowest BCUT2D eigenvalue weighted by Gasteiger charge is -2.02. The second-order valence-electron chi connectivity index (χ2n) is 4.96. The summed E-state index contributed by atoms with van der Waals surface area (Å²) in [6.45, 7) is 0.893. The summed E-state index contributed by atoms with van der Waals surface area (Å²) in [4.78, 5) is 13.5. The quantitative estimate of drug-likeness (QED) is 0.539. The molecular formula is C17H14N4S. The van der Waals surface area contributed by atoms with E-state index >= 15 is 0 Å². The molecule has 1 aromatic carbocycles. The van der Waals surface area contributed by atoms with Gasteiger partial charge in [-0.05, 0) is 24.3 Å². The van der Waals surface area contributed by atoms with Crippen LogP contribution in [-0.2, 0) is 6.54 Å². The summed E-state index contributed by atoms with van der Waals surface area (Å²) in [6, 6.07) is 18.1. The van der Waals surface area contributed by atoms with Gasteiger partial charge >= 0.3 is 0 Å². The Hall–Kier alpha value is -2.40. The Morgan fingerprint density at radius 1 is 0.864 bits per heavy atom. The smallest absolute Gasteiger partial charge is 0.188 e. The summed E-state index contributed by atoms with van der Waals surface area (Å²) < 4.78 is 2.17. The van der Waals surface area contributed by atoms with E-state index < -0.39 is 0 Å². The van der Waals surface area contributed by atoms with Crippen LogP contribution in [0.1, 0.15) is 0 Å². The van der Waals surface area contributed by atoms with E-state index in [2.05, 4.69) is 25.6 Å². The Morgan fingerprint density at radius 2 is 1.59 bits per heavy atom. The van der Waals surface area contributed by atoms with Crippen LogP contribution in [0.3, 0.4) is 0 Å². The van der Waals surface area contributed by atoms with Gasteiger partial charge < -0.3 is 4.57 Å². The van der Waals surface area contributed by atoms with Crippen molar-refractivity contribution in [2.75, 3.05) is 5.75 Å². The van der Waals surface area contributed by atoms with Gasteiger partial charge in [0.25, 0.3) is 0 Å². The largest absolute Gasteiger partial charge is 0.330 e. The molecule has 2 aromatic rings. The number of hydrogen-bond acceptors (Lipinski definition) is 4. The van der Waals surface area contributed by atoms with Crippen molar-refractivity contribution in [3.8, 4) is 11.4 Å². The standard InChI is InChI=1S/C17H14N4S/c1-2-6-13-14(7-3-1)20-17(19-13)22-11-10-21-12-18-15-8-4-5-9-16(15)21/h1-9,12H,10-11H2. The van der Waals surface area contributed by atoms with E-state index in [1.807, 2.05) is 54.9 Å². The molecule has 4 rings (SSSR count). The number of benzene rings is 1. The average molecular weight is 306 g/mol. The lowest BCUT2D eigenvalue weighted by atomic mass is 10.3. The highest BCUT2D eigenvalue weighted by molar-refractivity contribution is 7.99. The molecule has 0 fully saturated rings. The number of imidazole rings is 2. The third-order valence-corrected chi connectivity index (χ3v) is 4.34. The van der Waals surface area contributed by atoms with Crippen LogP contribution >= 0.6 is 11.8 Å². The molecule has 0 N–H and O–H groups in total. The number of thioether (sulfide) groups is 1. The summed E-state index contributed by atoms with van der Waals surface area (Å²) >= 11 is 1.68. The second-order valence-corrected chi connectivity index (χ2v) is 6.02. The van der Waals surface area contributed by atoms with Crippen molar-refractivity contribution < 1.29 is 0 Å². The summed E-state index contributed by atoms with van der Waals surface area (Å²) in [7, 11) is 0. The predicted octanol–water partition coefficient (Wildman–Crippen LogP) is 3.72. The molecule has 22 heavy (non-hydrogen) atoms. The van der Waals surface area contributed by atoms with Gasteiger partial charge in [0.05, 0.1) is 28.7 Å². The van der Waals surface area contributed by atoms with Crippen LogP contribution in [0.25, 0.3) is 22.4 Å². The van der Waals surface area contributed by atoms with Crippen LogP contribution in [0.2, 0.25) is 0 Å². The van der Waals surface area contributed by atoms with Crippen LogP contribution in [0, 0.1) is 0 Å². The first kappa shape index (κ1) is 13.3. The number of fused-ring (bicyclic) bond motifs is 2. The van der Waals surface area contributed by atoms with Crippen molar-refractivity contribution in [3.63, 3.8) is 0 Å². The number of para-hydroxylation sites is 2. The number of hydrogen-bond donors (Lipinski definition) is 0. The minimum atomic E-state index is 0.839. The van der Waals surface area contributed by atoms with Crippen molar-refractivity contribution in [3.05, 3.63) is 60.9 Å². The number of aromatic nitrogens is 4. The molecule has 1 aliphatic carbocycles. The fraction of sp³-hybridized carbons (Fsp3) is 0.118. The van der Waals surface area contributed by atoms with E-state index in [1.165, 1.54) is 5.52 Å². The molecule has 0 amide bonds. The molecule has 2 heterocycles. The fourth-order valence-electron chi connectivity index (χ4n) is 2.44. The Kier molecular flexibility index (Phi) is 3.48. The zero-order valence-corrected chi connectivity index (χ0v) is 12.7. The van der Waals surface area contributed by atoms with Crippen molar-refractivity contribution in [2.24, 2.45) is 0 Å². The topological polar surface area (TPSA) is 43.6 Å². The lowest BCUT2D eigenvalue weighted by molar-refractivity contribution is 0.795. The summed E-state index contributed by atoms with van der Waals surface area (Å²) in [5.74, 6) is 0.919. The molecule has 0 atom stereocenters. The van der Waals surface area contributed by atoms with Gasteiger partial charge in [-0.25, -0.2) is 15.0 Å². The van der Waals surface area contributed by atoms with Gasteiger partial charge in [-0.1, -0.05) is 42.1 Å². The first-order chi connectivity index (χ1) is 10.9. The SMILES string of the molecule is c1ccc2nc(SCCn3cnc4ccccc43)nc-2cc1. The predicted molar refractivity (Wildman–Crippen MR) is 89.1 cm³/mol. The van der Waals surface area contributed by atoms with Crippen molar-refractivity contribution in [2.45, 2.75) is 11.7 Å². The maximum atomic E-state index is 4.56. The average Bonchev–Trinajstić information content (AvgIpc) is 3.06. The Bertz CT molecular complexity index is 856. The van der Waals surface area contributed by atoms with E-state index in [0.29, 0.717) is 0 Å². The normalized spacial score (nSPS) is 11.3.